The number of aryl methyl sites for hydroxylation is 1. The van der Waals surface area contributed by atoms with E-state index in [0.717, 1.165) is 6.07 Å². The van der Waals surface area contributed by atoms with Gasteiger partial charge in [0.1, 0.15) is 11.3 Å². The van der Waals surface area contributed by atoms with E-state index in [1.807, 2.05) is 0 Å². The van der Waals surface area contributed by atoms with E-state index in [4.69, 9.17) is 0 Å². The first-order valence-corrected chi connectivity index (χ1v) is 5.36. The quantitative estimate of drug-likeness (QED) is 0.871. The summed E-state index contributed by atoms with van der Waals surface area (Å²) >= 11 is 0. The molecule has 0 aliphatic heterocycles. The molecule has 0 aliphatic rings. The molecule has 0 aromatic carbocycles. The van der Waals surface area contributed by atoms with Crippen LogP contribution in [-0.2, 0) is 12.6 Å². The van der Waals surface area contributed by atoms with Gasteiger partial charge in [0.25, 0.3) is 11.5 Å². The summed E-state index contributed by atoms with van der Waals surface area (Å²) in [6.07, 6.45) is -4.02. The van der Waals surface area contributed by atoms with Gasteiger partial charge in [0.05, 0.1) is 0 Å². The van der Waals surface area contributed by atoms with Crippen molar-refractivity contribution in [1.82, 2.24) is 10.3 Å². The van der Waals surface area contributed by atoms with Gasteiger partial charge in [0, 0.05) is 7.05 Å². The van der Waals surface area contributed by atoms with E-state index in [9.17, 15) is 22.8 Å². The van der Waals surface area contributed by atoms with Crippen molar-refractivity contribution in [2.75, 3.05) is 7.05 Å². The molecule has 0 saturated carbocycles. The van der Waals surface area contributed by atoms with Crippen LogP contribution in [0.2, 0.25) is 0 Å². The molecular formula is C11H13F3N2O2. The van der Waals surface area contributed by atoms with Gasteiger partial charge in [0.2, 0.25) is 0 Å². The topological polar surface area (TPSA) is 62.0 Å². The van der Waals surface area contributed by atoms with Crippen LogP contribution in [0.3, 0.4) is 0 Å². The molecule has 0 bridgehead atoms. The monoisotopic (exact) mass is 262 g/mol. The van der Waals surface area contributed by atoms with Gasteiger partial charge in [-0.05, 0) is 18.1 Å². The summed E-state index contributed by atoms with van der Waals surface area (Å²) in [5.74, 6) is -0.706. The summed E-state index contributed by atoms with van der Waals surface area (Å²) in [6.45, 7) is 1.71. The largest absolute Gasteiger partial charge is 0.431 e. The van der Waals surface area contributed by atoms with Crippen LogP contribution in [0.4, 0.5) is 13.2 Å². The Morgan fingerprint density at radius 2 is 2.06 bits per heavy atom. The Morgan fingerprint density at radius 3 is 2.50 bits per heavy atom. The lowest BCUT2D eigenvalue weighted by Gasteiger charge is -2.13. The van der Waals surface area contributed by atoms with Gasteiger partial charge in [0.15, 0.2) is 0 Å². The normalized spacial score (nSPS) is 11.4. The number of aromatic amines is 1. The van der Waals surface area contributed by atoms with Crippen molar-refractivity contribution >= 4 is 5.91 Å². The SMILES string of the molecule is CCCc1cc(C(=O)NC)c(=O)[nH]c1C(F)(F)F. The Bertz CT molecular complexity index is 506. The van der Waals surface area contributed by atoms with E-state index >= 15 is 0 Å². The van der Waals surface area contributed by atoms with Crippen molar-refractivity contribution in [3.8, 4) is 0 Å². The number of halogens is 3. The molecule has 0 saturated heterocycles. The number of nitrogens with one attached hydrogen (secondary N) is 2. The maximum atomic E-state index is 12.7. The first-order valence-electron chi connectivity index (χ1n) is 5.36. The summed E-state index contributed by atoms with van der Waals surface area (Å²) < 4.78 is 38.1. The molecule has 1 heterocycles. The molecule has 1 rings (SSSR count). The average molecular weight is 262 g/mol. The summed E-state index contributed by atoms with van der Waals surface area (Å²) in [4.78, 5) is 24.5. The standard InChI is InChI=1S/C11H13F3N2O2/c1-3-4-6-5-7(9(17)15-2)10(18)16-8(6)11(12,13)14/h5H,3-4H2,1-2H3,(H,15,17)(H,16,18). The van der Waals surface area contributed by atoms with Crippen LogP contribution >= 0.6 is 0 Å². The number of aromatic nitrogens is 1. The van der Waals surface area contributed by atoms with Crippen molar-refractivity contribution in [2.24, 2.45) is 0 Å². The fraction of sp³-hybridized carbons (Fsp3) is 0.455. The van der Waals surface area contributed by atoms with Crippen LogP contribution in [0.1, 0.15) is 35.0 Å². The van der Waals surface area contributed by atoms with Crippen LogP contribution in [0, 0.1) is 0 Å². The maximum absolute atomic E-state index is 12.7. The van der Waals surface area contributed by atoms with Gasteiger partial charge in [-0.3, -0.25) is 9.59 Å². The summed E-state index contributed by atoms with van der Waals surface area (Å²) in [6, 6.07) is 1.00. The van der Waals surface area contributed by atoms with E-state index in [1.165, 1.54) is 7.05 Å². The Hall–Kier alpha value is -1.79. The highest BCUT2D eigenvalue weighted by Crippen LogP contribution is 2.30. The van der Waals surface area contributed by atoms with Crippen molar-refractivity contribution in [3.05, 3.63) is 33.2 Å². The zero-order valence-electron chi connectivity index (χ0n) is 9.94. The molecule has 1 aromatic rings. The first kappa shape index (κ1) is 14.3. The number of carbonyl (C=O) groups is 1. The predicted octanol–water partition coefficient (Wildman–Crippen LogP) is 1.71. The second-order valence-electron chi connectivity index (χ2n) is 3.74. The molecule has 0 unspecified atom stereocenters. The average Bonchev–Trinajstić information content (AvgIpc) is 2.29. The summed E-state index contributed by atoms with van der Waals surface area (Å²) in [5.41, 5.74) is -2.51. The molecule has 0 atom stereocenters. The highest BCUT2D eigenvalue weighted by molar-refractivity contribution is 5.93. The highest BCUT2D eigenvalue weighted by Gasteiger charge is 2.35. The van der Waals surface area contributed by atoms with Gasteiger partial charge in [-0.15, -0.1) is 0 Å². The molecule has 2 N–H and O–H groups in total. The van der Waals surface area contributed by atoms with E-state index in [2.05, 4.69) is 5.32 Å². The van der Waals surface area contributed by atoms with Gasteiger partial charge >= 0.3 is 6.18 Å². The Labute approximate surface area is 101 Å². The second-order valence-corrected chi connectivity index (χ2v) is 3.74. The lowest BCUT2D eigenvalue weighted by Crippen LogP contribution is -2.29. The van der Waals surface area contributed by atoms with Gasteiger partial charge < -0.3 is 10.3 Å². The Morgan fingerprint density at radius 1 is 1.44 bits per heavy atom. The van der Waals surface area contributed by atoms with Crippen LogP contribution in [0.15, 0.2) is 10.9 Å². The van der Waals surface area contributed by atoms with Crippen LogP contribution in [-0.4, -0.2) is 17.9 Å². The lowest BCUT2D eigenvalue weighted by molar-refractivity contribution is -0.142. The van der Waals surface area contributed by atoms with Gasteiger partial charge in [-0.25, -0.2) is 0 Å². The van der Waals surface area contributed by atoms with E-state index in [0.29, 0.717) is 6.42 Å². The van der Waals surface area contributed by atoms with Crippen molar-refractivity contribution in [3.63, 3.8) is 0 Å². The molecule has 18 heavy (non-hydrogen) atoms. The van der Waals surface area contributed by atoms with Gasteiger partial charge in [-0.2, -0.15) is 13.2 Å². The van der Waals surface area contributed by atoms with Crippen molar-refractivity contribution < 1.29 is 18.0 Å². The molecule has 0 fully saturated rings. The number of alkyl halides is 3. The number of amides is 1. The summed E-state index contributed by atoms with van der Waals surface area (Å²) in [5, 5.41) is 2.21. The molecule has 0 aliphatic carbocycles. The molecule has 0 spiro atoms. The zero-order valence-corrected chi connectivity index (χ0v) is 9.94. The molecule has 7 heteroatoms. The highest BCUT2D eigenvalue weighted by atomic mass is 19.4. The second kappa shape index (κ2) is 5.24. The number of hydrogen-bond acceptors (Lipinski definition) is 2. The van der Waals surface area contributed by atoms with Crippen molar-refractivity contribution in [1.29, 1.82) is 0 Å². The third-order valence-electron chi connectivity index (χ3n) is 2.40. The van der Waals surface area contributed by atoms with Crippen molar-refractivity contribution in [2.45, 2.75) is 25.9 Å². The minimum Gasteiger partial charge on any atom is -0.355 e. The third kappa shape index (κ3) is 2.91. The molecular weight excluding hydrogens is 249 g/mol. The number of carbonyl (C=O) groups excluding carboxylic acids is 1. The number of rotatable bonds is 3. The zero-order chi connectivity index (χ0) is 13.9. The number of H-pyrrole nitrogens is 1. The van der Waals surface area contributed by atoms with Crippen LogP contribution in [0.25, 0.3) is 0 Å². The minimum atomic E-state index is -4.63. The van der Waals surface area contributed by atoms with E-state index < -0.39 is 23.3 Å². The smallest absolute Gasteiger partial charge is 0.355 e. The molecule has 1 amide bonds. The van der Waals surface area contributed by atoms with Gasteiger partial charge in [-0.1, -0.05) is 13.3 Å². The Kier molecular flexibility index (Phi) is 4.15. The number of pyridine rings is 1. The predicted molar refractivity (Wildman–Crippen MR) is 59.4 cm³/mol. The summed E-state index contributed by atoms with van der Waals surface area (Å²) in [7, 11) is 1.30. The third-order valence-corrected chi connectivity index (χ3v) is 2.40. The van der Waals surface area contributed by atoms with Crippen LogP contribution < -0.4 is 10.9 Å². The minimum absolute atomic E-state index is 0.0804. The molecule has 0 radical (unpaired) electrons. The molecule has 1 aromatic heterocycles. The lowest BCUT2D eigenvalue weighted by atomic mass is 10.1. The van der Waals surface area contributed by atoms with Crippen LogP contribution in [0.5, 0.6) is 0 Å². The molecule has 100 valence electrons. The fourth-order valence-corrected chi connectivity index (χ4v) is 1.60. The molecule has 4 nitrogen and oxygen atoms in total. The van der Waals surface area contributed by atoms with E-state index in [-0.39, 0.29) is 17.5 Å². The van der Waals surface area contributed by atoms with E-state index in [1.54, 1.807) is 11.9 Å². The fourth-order valence-electron chi connectivity index (χ4n) is 1.60. The Balaban J connectivity index is 3.44. The first-order chi connectivity index (χ1) is 8.31. The number of hydrogen-bond donors (Lipinski definition) is 2. The maximum Gasteiger partial charge on any atom is 0.431 e.